The third-order valence-electron chi connectivity index (χ3n) is 3.42. The maximum Gasteiger partial charge on any atom is 0.253 e. The molecule has 0 saturated heterocycles. The lowest BCUT2D eigenvalue weighted by molar-refractivity contribution is 0.340. The molecule has 0 atom stereocenters. The van der Waals surface area contributed by atoms with Crippen molar-refractivity contribution in [3.05, 3.63) is 47.0 Å². The number of halogens is 1. The summed E-state index contributed by atoms with van der Waals surface area (Å²) in [5.74, 6) is 1.20. The van der Waals surface area contributed by atoms with Gasteiger partial charge in [0.05, 0.1) is 25.7 Å². The van der Waals surface area contributed by atoms with Crippen LogP contribution in [0.1, 0.15) is 12.5 Å². The van der Waals surface area contributed by atoms with Gasteiger partial charge >= 0.3 is 0 Å². The molecule has 2 aromatic carbocycles. The average Bonchev–Trinajstić information content (AvgIpc) is 2.58. The minimum absolute atomic E-state index is 0.0293. The number of methoxy groups -OCH3 is 1. The Kier molecular flexibility index (Phi) is 6.92. The fraction of sp³-hybridized carbons (Fsp3) is 0.278. The minimum atomic E-state index is -3.65. The summed E-state index contributed by atoms with van der Waals surface area (Å²) in [5, 5.41) is 6.45. The maximum atomic E-state index is 11.7. The van der Waals surface area contributed by atoms with E-state index in [2.05, 4.69) is 15.0 Å². The van der Waals surface area contributed by atoms with Gasteiger partial charge in [0, 0.05) is 16.8 Å². The predicted molar refractivity (Wildman–Crippen MR) is 110 cm³/mol. The Labute approximate surface area is 164 Å². The molecule has 0 aliphatic rings. The van der Waals surface area contributed by atoms with Gasteiger partial charge in [-0.25, -0.2) is 8.42 Å². The van der Waals surface area contributed by atoms with Crippen LogP contribution in [0.15, 0.2) is 40.8 Å². The molecule has 0 saturated carbocycles. The van der Waals surface area contributed by atoms with Crippen LogP contribution in [0.5, 0.6) is 11.5 Å². The zero-order chi connectivity index (χ0) is 20.0. The van der Waals surface area contributed by atoms with Crippen LogP contribution in [-0.2, 0) is 10.0 Å². The molecule has 2 rings (SSSR count). The summed E-state index contributed by atoms with van der Waals surface area (Å²) in [7, 11) is -2.15. The lowest BCUT2D eigenvalue weighted by Gasteiger charge is -2.16. The summed E-state index contributed by atoms with van der Waals surface area (Å²) in [5.41, 5.74) is 1.97. The van der Waals surface area contributed by atoms with E-state index >= 15 is 0 Å². The number of anilines is 2. The number of guanidine groups is 1. The van der Waals surface area contributed by atoms with E-state index in [0.717, 1.165) is 11.8 Å². The molecule has 0 aliphatic carbocycles. The number of nitrogens with one attached hydrogen (secondary N) is 2. The topological polar surface area (TPSA) is 89.0 Å². The molecule has 0 unspecified atom stereocenters. The molecule has 0 amide bonds. The van der Waals surface area contributed by atoms with E-state index < -0.39 is 10.0 Å². The van der Waals surface area contributed by atoms with Gasteiger partial charge in [0.15, 0.2) is 0 Å². The second kappa shape index (κ2) is 8.96. The largest absolute Gasteiger partial charge is 0.495 e. The fourth-order valence-electron chi connectivity index (χ4n) is 2.24. The van der Waals surface area contributed by atoms with Gasteiger partial charge in [-0.05, 0) is 49.7 Å². The standard InChI is InChI=1S/C18H22ClN3O4S/c1-5-26-14-8-6-13(7-9-14)20-18(22-27(4,23)24)21-16-10-12(2)15(19)11-17(16)25-3/h6-11H,5H2,1-4H3,(H2,20,21,22). The van der Waals surface area contributed by atoms with E-state index in [0.29, 0.717) is 34.5 Å². The van der Waals surface area contributed by atoms with Crippen molar-refractivity contribution in [2.75, 3.05) is 30.6 Å². The van der Waals surface area contributed by atoms with E-state index in [1.54, 1.807) is 36.4 Å². The van der Waals surface area contributed by atoms with Gasteiger partial charge in [-0.1, -0.05) is 11.6 Å². The molecule has 27 heavy (non-hydrogen) atoms. The van der Waals surface area contributed by atoms with Crippen molar-refractivity contribution in [1.29, 1.82) is 0 Å². The molecule has 146 valence electrons. The van der Waals surface area contributed by atoms with Gasteiger partial charge < -0.3 is 20.1 Å². The molecule has 7 nitrogen and oxygen atoms in total. The normalized spacial score (nSPS) is 11.8. The molecule has 0 aromatic heterocycles. The van der Waals surface area contributed by atoms with Gasteiger partial charge in [-0.2, -0.15) is 0 Å². The first-order valence-corrected chi connectivity index (χ1v) is 10.4. The van der Waals surface area contributed by atoms with E-state index in [-0.39, 0.29) is 5.96 Å². The van der Waals surface area contributed by atoms with Crippen LogP contribution in [-0.4, -0.2) is 34.3 Å². The van der Waals surface area contributed by atoms with Gasteiger partial charge in [0.1, 0.15) is 11.5 Å². The lowest BCUT2D eigenvalue weighted by atomic mass is 10.2. The molecule has 9 heteroatoms. The molecular formula is C18H22ClN3O4S. The average molecular weight is 412 g/mol. The number of rotatable bonds is 6. The molecule has 0 radical (unpaired) electrons. The van der Waals surface area contributed by atoms with Crippen LogP contribution < -0.4 is 20.1 Å². The molecule has 0 bridgehead atoms. The Morgan fingerprint density at radius 1 is 1.19 bits per heavy atom. The summed E-state index contributed by atoms with van der Waals surface area (Å²) >= 11 is 6.12. The zero-order valence-corrected chi connectivity index (χ0v) is 17.1. The van der Waals surface area contributed by atoms with Crippen molar-refractivity contribution in [3.8, 4) is 11.5 Å². The quantitative estimate of drug-likeness (QED) is 0.553. The number of aryl methyl sites for hydroxylation is 1. The SMILES string of the molecule is CCOc1ccc(NC(=NS(C)(=O)=O)Nc2cc(C)c(Cl)cc2OC)cc1. The van der Waals surface area contributed by atoms with E-state index in [9.17, 15) is 8.42 Å². The van der Waals surface area contributed by atoms with E-state index in [1.807, 2.05) is 13.8 Å². The Bertz CT molecular complexity index is 928. The van der Waals surface area contributed by atoms with Crippen molar-refractivity contribution in [2.24, 2.45) is 4.40 Å². The Balaban J connectivity index is 2.34. The predicted octanol–water partition coefficient (Wildman–Crippen LogP) is 3.90. The highest BCUT2D eigenvalue weighted by atomic mass is 35.5. The summed E-state index contributed by atoms with van der Waals surface area (Å²) in [6.45, 7) is 4.29. The van der Waals surface area contributed by atoms with Gasteiger partial charge in [-0.15, -0.1) is 4.40 Å². The second-order valence-corrected chi connectivity index (χ2v) is 7.74. The van der Waals surface area contributed by atoms with Gasteiger partial charge in [0.25, 0.3) is 10.0 Å². The second-order valence-electron chi connectivity index (χ2n) is 5.68. The summed E-state index contributed by atoms with van der Waals surface area (Å²) in [6, 6.07) is 10.5. The van der Waals surface area contributed by atoms with Gasteiger partial charge in [0.2, 0.25) is 5.96 Å². The van der Waals surface area contributed by atoms with Crippen LogP contribution in [0, 0.1) is 6.92 Å². The van der Waals surface area contributed by atoms with Crippen LogP contribution in [0.25, 0.3) is 0 Å². The molecular weight excluding hydrogens is 390 g/mol. The third-order valence-corrected chi connectivity index (χ3v) is 4.34. The Morgan fingerprint density at radius 3 is 2.41 bits per heavy atom. The lowest BCUT2D eigenvalue weighted by Crippen LogP contribution is -2.24. The first kappa shape index (κ1) is 20.9. The summed E-state index contributed by atoms with van der Waals surface area (Å²) in [4.78, 5) is 0. The van der Waals surface area contributed by atoms with Crippen molar-refractivity contribution in [1.82, 2.24) is 0 Å². The van der Waals surface area contributed by atoms with Crippen molar-refractivity contribution >= 4 is 39.0 Å². The molecule has 0 fully saturated rings. The molecule has 0 spiro atoms. The van der Waals surface area contributed by atoms with Crippen molar-refractivity contribution in [3.63, 3.8) is 0 Å². The molecule has 0 aliphatic heterocycles. The first-order chi connectivity index (χ1) is 12.7. The van der Waals surface area contributed by atoms with E-state index in [1.165, 1.54) is 7.11 Å². The van der Waals surface area contributed by atoms with Crippen molar-refractivity contribution in [2.45, 2.75) is 13.8 Å². The minimum Gasteiger partial charge on any atom is -0.495 e. The monoisotopic (exact) mass is 411 g/mol. The number of hydrogen-bond donors (Lipinski definition) is 2. The third kappa shape index (κ3) is 6.33. The number of sulfonamides is 1. The highest BCUT2D eigenvalue weighted by Gasteiger charge is 2.12. The highest BCUT2D eigenvalue weighted by Crippen LogP contribution is 2.31. The smallest absolute Gasteiger partial charge is 0.253 e. The Hall–Kier alpha value is -2.45. The number of hydrogen-bond acceptors (Lipinski definition) is 4. The van der Waals surface area contributed by atoms with Crippen molar-refractivity contribution < 1.29 is 17.9 Å². The number of ether oxygens (including phenoxy) is 2. The number of nitrogens with zero attached hydrogens (tertiary/aromatic N) is 1. The zero-order valence-electron chi connectivity index (χ0n) is 15.5. The number of benzene rings is 2. The summed E-state index contributed by atoms with van der Waals surface area (Å²) < 4.78 is 37.8. The first-order valence-electron chi connectivity index (χ1n) is 8.13. The van der Waals surface area contributed by atoms with E-state index in [4.69, 9.17) is 21.1 Å². The molecule has 0 heterocycles. The van der Waals surface area contributed by atoms with Crippen LogP contribution >= 0.6 is 11.6 Å². The van der Waals surface area contributed by atoms with Crippen LogP contribution in [0.2, 0.25) is 5.02 Å². The highest BCUT2D eigenvalue weighted by molar-refractivity contribution is 7.89. The molecule has 2 aromatic rings. The van der Waals surface area contributed by atoms with Crippen LogP contribution in [0.4, 0.5) is 11.4 Å². The molecule has 2 N–H and O–H groups in total. The summed E-state index contributed by atoms with van der Waals surface area (Å²) in [6.07, 6.45) is 1.01. The van der Waals surface area contributed by atoms with Crippen LogP contribution in [0.3, 0.4) is 0 Å². The maximum absolute atomic E-state index is 11.7. The Morgan fingerprint density at radius 2 is 1.85 bits per heavy atom. The van der Waals surface area contributed by atoms with Gasteiger partial charge in [-0.3, -0.25) is 0 Å². The fourth-order valence-corrected chi connectivity index (χ4v) is 2.81.